The van der Waals surface area contributed by atoms with E-state index in [2.05, 4.69) is 57.7 Å². The zero-order valence-corrected chi connectivity index (χ0v) is 19.2. The second-order valence-electron chi connectivity index (χ2n) is 8.86. The summed E-state index contributed by atoms with van der Waals surface area (Å²) < 4.78 is 5.58. The van der Waals surface area contributed by atoms with E-state index in [1.54, 1.807) is 0 Å². The van der Waals surface area contributed by atoms with Crippen molar-refractivity contribution in [2.24, 2.45) is 10.4 Å². The highest BCUT2D eigenvalue weighted by atomic mass is 16.5. The summed E-state index contributed by atoms with van der Waals surface area (Å²) in [6, 6.07) is 10.8. The molecule has 2 fully saturated rings. The van der Waals surface area contributed by atoms with Gasteiger partial charge in [-0.15, -0.1) is 0 Å². The molecular weight excluding hydrogens is 390 g/mol. The highest BCUT2D eigenvalue weighted by Gasteiger charge is 2.34. The normalized spacial score (nSPS) is 23.2. The standard InChI is InChI=1S/C24H41N5O2/c1-2-25-23(27-20-24(9-17-30)10-18-31-21-24)26-11-6-12-28-13-15-29(16-14-28)19-22-7-4-3-5-8-22/h3-5,7-8,30H,2,6,9-21H2,1H3,(H2,25,26,27). The Morgan fingerprint density at radius 1 is 1.13 bits per heavy atom. The Hall–Kier alpha value is -1.67. The van der Waals surface area contributed by atoms with Crippen LogP contribution in [0.15, 0.2) is 35.3 Å². The molecule has 1 aromatic rings. The molecule has 2 heterocycles. The maximum atomic E-state index is 9.40. The van der Waals surface area contributed by atoms with Crippen molar-refractivity contribution in [2.45, 2.75) is 32.7 Å². The van der Waals surface area contributed by atoms with Gasteiger partial charge >= 0.3 is 0 Å². The van der Waals surface area contributed by atoms with Gasteiger partial charge in [0.05, 0.1) is 13.2 Å². The predicted octanol–water partition coefficient (Wildman–Crippen LogP) is 1.54. The summed E-state index contributed by atoms with van der Waals surface area (Å²) in [6.07, 6.45) is 2.84. The first kappa shape index (κ1) is 24.0. The summed E-state index contributed by atoms with van der Waals surface area (Å²) in [6.45, 7) is 13.0. The number of benzene rings is 1. The van der Waals surface area contributed by atoms with Crippen molar-refractivity contribution in [2.75, 3.05) is 72.2 Å². The SMILES string of the molecule is CCNC(=NCC1(CCO)CCOC1)NCCCN1CCN(Cc2ccccc2)CC1. The molecule has 3 rings (SSSR count). The second kappa shape index (κ2) is 13.0. The smallest absolute Gasteiger partial charge is 0.191 e. The van der Waals surface area contributed by atoms with Crippen LogP contribution >= 0.6 is 0 Å². The largest absolute Gasteiger partial charge is 0.396 e. The number of hydrogen-bond donors (Lipinski definition) is 3. The van der Waals surface area contributed by atoms with Crippen molar-refractivity contribution < 1.29 is 9.84 Å². The van der Waals surface area contributed by atoms with E-state index in [9.17, 15) is 5.11 Å². The van der Waals surface area contributed by atoms with E-state index >= 15 is 0 Å². The molecule has 0 bridgehead atoms. The summed E-state index contributed by atoms with van der Waals surface area (Å²) in [4.78, 5) is 9.92. The van der Waals surface area contributed by atoms with Crippen LogP contribution in [-0.2, 0) is 11.3 Å². The fourth-order valence-electron chi connectivity index (χ4n) is 4.40. The molecule has 0 radical (unpaired) electrons. The minimum Gasteiger partial charge on any atom is -0.396 e. The number of hydrogen-bond acceptors (Lipinski definition) is 5. The fourth-order valence-corrected chi connectivity index (χ4v) is 4.40. The van der Waals surface area contributed by atoms with Gasteiger partial charge in [-0.25, -0.2) is 0 Å². The number of aliphatic imine (C=N–C) groups is 1. The van der Waals surface area contributed by atoms with Crippen LogP contribution in [0.3, 0.4) is 0 Å². The molecule has 0 saturated carbocycles. The molecule has 0 amide bonds. The summed E-state index contributed by atoms with van der Waals surface area (Å²) in [5.74, 6) is 0.874. The Bertz CT molecular complexity index is 641. The zero-order valence-electron chi connectivity index (χ0n) is 19.2. The number of aliphatic hydroxyl groups is 1. The number of aliphatic hydroxyl groups excluding tert-OH is 1. The van der Waals surface area contributed by atoms with Gasteiger partial charge in [0.25, 0.3) is 0 Å². The van der Waals surface area contributed by atoms with Crippen LogP contribution < -0.4 is 10.6 Å². The van der Waals surface area contributed by atoms with Gasteiger partial charge in [0.1, 0.15) is 0 Å². The number of ether oxygens (including phenoxy) is 1. The lowest BCUT2D eigenvalue weighted by Gasteiger charge is -2.34. The highest BCUT2D eigenvalue weighted by molar-refractivity contribution is 5.79. The van der Waals surface area contributed by atoms with Crippen molar-refractivity contribution in [1.29, 1.82) is 0 Å². The van der Waals surface area contributed by atoms with Gasteiger partial charge < -0.3 is 25.4 Å². The molecule has 2 aliphatic rings. The van der Waals surface area contributed by atoms with Crippen LogP contribution in [0.2, 0.25) is 0 Å². The van der Waals surface area contributed by atoms with Crippen molar-refractivity contribution in [3.8, 4) is 0 Å². The molecular formula is C24H41N5O2. The Morgan fingerprint density at radius 3 is 2.58 bits per heavy atom. The monoisotopic (exact) mass is 431 g/mol. The molecule has 7 nitrogen and oxygen atoms in total. The van der Waals surface area contributed by atoms with Crippen LogP contribution in [0.4, 0.5) is 0 Å². The third-order valence-corrected chi connectivity index (χ3v) is 6.40. The van der Waals surface area contributed by atoms with Crippen LogP contribution in [0.25, 0.3) is 0 Å². The third kappa shape index (κ3) is 8.07. The average molecular weight is 432 g/mol. The fraction of sp³-hybridized carbons (Fsp3) is 0.708. The van der Waals surface area contributed by atoms with Crippen molar-refractivity contribution in [1.82, 2.24) is 20.4 Å². The average Bonchev–Trinajstić information content (AvgIpc) is 3.26. The van der Waals surface area contributed by atoms with Gasteiger partial charge in [-0.2, -0.15) is 0 Å². The Labute approximate surface area is 187 Å². The molecule has 1 atom stereocenters. The topological polar surface area (TPSA) is 72.4 Å². The third-order valence-electron chi connectivity index (χ3n) is 6.40. The molecule has 174 valence electrons. The molecule has 2 saturated heterocycles. The molecule has 0 spiro atoms. The summed E-state index contributed by atoms with van der Waals surface area (Å²) in [5.41, 5.74) is 1.40. The Morgan fingerprint density at radius 2 is 1.90 bits per heavy atom. The molecule has 2 aliphatic heterocycles. The van der Waals surface area contributed by atoms with Gasteiger partial charge in [-0.3, -0.25) is 9.89 Å². The first-order chi connectivity index (χ1) is 15.2. The number of nitrogens with one attached hydrogen (secondary N) is 2. The summed E-state index contributed by atoms with van der Waals surface area (Å²) in [7, 11) is 0. The summed E-state index contributed by atoms with van der Waals surface area (Å²) in [5, 5.41) is 16.2. The first-order valence-electron chi connectivity index (χ1n) is 11.9. The minimum atomic E-state index is -0.00345. The molecule has 31 heavy (non-hydrogen) atoms. The lowest BCUT2D eigenvalue weighted by Crippen LogP contribution is -2.46. The van der Waals surface area contributed by atoms with Crippen LogP contribution in [0.1, 0.15) is 31.7 Å². The molecule has 0 aromatic heterocycles. The van der Waals surface area contributed by atoms with E-state index in [-0.39, 0.29) is 12.0 Å². The van der Waals surface area contributed by atoms with E-state index in [1.165, 1.54) is 5.56 Å². The minimum absolute atomic E-state index is 0.00345. The zero-order chi connectivity index (χ0) is 21.8. The number of nitrogens with zero attached hydrogens (tertiary/aromatic N) is 3. The first-order valence-corrected chi connectivity index (χ1v) is 11.9. The molecule has 0 aliphatic carbocycles. The lowest BCUT2D eigenvalue weighted by atomic mass is 9.84. The van der Waals surface area contributed by atoms with Gasteiger partial charge in [0.15, 0.2) is 5.96 Å². The van der Waals surface area contributed by atoms with Crippen LogP contribution in [0, 0.1) is 5.41 Å². The second-order valence-corrected chi connectivity index (χ2v) is 8.86. The number of guanidine groups is 1. The van der Waals surface area contributed by atoms with Gasteiger partial charge in [-0.05, 0) is 38.3 Å². The van der Waals surface area contributed by atoms with Crippen molar-refractivity contribution >= 4 is 5.96 Å². The molecule has 1 aromatic carbocycles. The van der Waals surface area contributed by atoms with Gasteiger partial charge in [0.2, 0.25) is 0 Å². The van der Waals surface area contributed by atoms with E-state index in [0.717, 1.165) is 84.2 Å². The summed E-state index contributed by atoms with van der Waals surface area (Å²) >= 11 is 0. The van der Waals surface area contributed by atoms with Crippen LogP contribution in [-0.4, -0.2) is 93.0 Å². The lowest BCUT2D eigenvalue weighted by molar-refractivity contribution is 0.126. The molecule has 3 N–H and O–H groups in total. The predicted molar refractivity (Wildman–Crippen MR) is 126 cm³/mol. The maximum Gasteiger partial charge on any atom is 0.191 e. The van der Waals surface area contributed by atoms with Crippen molar-refractivity contribution in [3.63, 3.8) is 0 Å². The Kier molecular flexibility index (Phi) is 10.1. The molecule has 7 heteroatoms. The van der Waals surface area contributed by atoms with E-state index < -0.39 is 0 Å². The van der Waals surface area contributed by atoms with Gasteiger partial charge in [-0.1, -0.05) is 30.3 Å². The van der Waals surface area contributed by atoms with E-state index in [4.69, 9.17) is 9.73 Å². The van der Waals surface area contributed by atoms with E-state index in [0.29, 0.717) is 13.2 Å². The van der Waals surface area contributed by atoms with Crippen LogP contribution in [0.5, 0.6) is 0 Å². The highest BCUT2D eigenvalue weighted by Crippen LogP contribution is 2.32. The number of rotatable bonds is 11. The number of piperazine rings is 1. The quantitative estimate of drug-likeness (QED) is 0.280. The van der Waals surface area contributed by atoms with E-state index in [1.807, 2.05) is 0 Å². The Balaban J connectivity index is 1.34. The molecule has 1 unspecified atom stereocenters. The maximum absolute atomic E-state index is 9.40. The van der Waals surface area contributed by atoms with Crippen molar-refractivity contribution in [3.05, 3.63) is 35.9 Å². The van der Waals surface area contributed by atoms with Gasteiger partial charge in [0, 0.05) is 64.4 Å².